The van der Waals surface area contributed by atoms with Crippen molar-refractivity contribution in [1.29, 1.82) is 0 Å². The van der Waals surface area contributed by atoms with Gasteiger partial charge in [-0.1, -0.05) is 68.2 Å². The number of rotatable bonds is 3. The quantitative estimate of drug-likeness (QED) is 0.560. The Morgan fingerprint density at radius 2 is 1.60 bits per heavy atom. The molecule has 156 valence electrons. The molecule has 2 N–H and O–H groups in total. The van der Waals surface area contributed by atoms with Crippen LogP contribution in [0.5, 0.6) is 0 Å². The molecule has 1 heterocycles. The first-order valence-electron chi connectivity index (χ1n) is 9.31. The molecular formula is C22H22Cl2N4O2. The van der Waals surface area contributed by atoms with Gasteiger partial charge in [0.25, 0.3) is 5.91 Å². The Kier molecular flexibility index (Phi) is 6.19. The Bertz CT molecular complexity index is 1100. The third-order valence-corrected chi connectivity index (χ3v) is 5.08. The van der Waals surface area contributed by atoms with Gasteiger partial charge in [-0.2, -0.15) is 5.10 Å². The number of hydrazine groups is 1. The van der Waals surface area contributed by atoms with Crippen LogP contribution in [0.25, 0.3) is 16.9 Å². The van der Waals surface area contributed by atoms with E-state index in [1.54, 1.807) is 50.6 Å². The number of carbonyl (C=O) groups is 2. The van der Waals surface area contributed by atoms with E-state index in [1.807, 2.05) is 30.3 Å². The minimum Gasteiger partial charge on any atom is -0.273 e. The van der Waals surface area contributed by atoms with Crippen molar-refractivity contribution in [1.82, 2.24) is 20.6 Å². The van der Waals surface area contributed by atoms with Crippen molar-refractivity contribution in [3.63, 3.8) is 0 Å². The van der Waals surface area contributed by atoms with Crippen molar-refractivity contribution in [3.05, 3.63) is 69.8 Å². The molecular weight excluding hydrogens is 423 g/mol. The maximum atomic E-state index is 12.8. The molecule has 0 aliphatic heterocycles. The van der Waals surface area contributed by atoms with Gasteiger partial charge in [-0.25, -0.2) is 4.68 Å². The summed E-state index contributed by atoms with van der Waals surface area (Å²) in [5, 5.41) is 5.60. The first kappa shape index (κ1) is 21.9. The number of nitrogens with zero attached hydrogens (tertiary/aromatic N) is 2. The predicted octanol–water partition coefficient (Wildman–Crippen LogP) is 4.96. The summed E-state index contributed by atoms with van der Waals surface area (Å²) in [7, 11) is 0. The SMILES string of the molecule is Cc1c(C(=O)NNC(=O)C(C)(C)C)nn(-c2ccccc2Cl)c1-c1ccc(Cl)cc1. The molecule has 8 heteroatoms. The van der Waals surface area contributed by atoms with Crippen molar-refractivity contribution in [3.8, 4) is 16.9 Å². The average molecular weight is 445 g/mol. The van der Waals surface area contributed by atoms with Crippen molar-refractivity contribution >= 4 is 35.0 Å². The molecule has 30 heavy (non-hydrogen) atoms. The van der Waals surface area contributed by atoms with Crippen LogP contribution in [0.15, 0.2) is 48.5 Å². The molecule has 2 amide bonds. The first-order chi connectivity index (χ1) is 14.1. The summed E-state index contributed by atoms with van der Waals surface area (Å²) >= 11 is 12.4. The van der Waals surface area contributed by atoms with E-state index >= 15 is 0 Å². The highest BCUT2D eigenvalue weighted by Crippen LogP contribution is 2.32. The highest BCUT2D eigenvalue weighted by molar-refractivity contribution is 6.32. The minimum absolute atomic E-state index is 0.175. The summed E-state index contributed by atoms with van der Waals surface area (Å²) in [6, 6.07) is 14.5. The van der Waals surface area contributed by atoms with E-state index in [4.69, 9.17) is 23.2 Å². The van der Waals surface area contributed by atoms with Gasteiger partial charge in [0.1, 0.15) is 0 Å². The number of nitrogens with one attached hydrogen (secondary N) is 2. The molecule has 0 bridgehead atoms. The maximum absolute atomic E-state index is 12.8. The number of hydrogen-bond acceptors (Lipinski definition) is 3. The van der Waals surface area contributed by atoms with Gasteiger partial charge in [-0.3, -0.25) is 20.4 Å². The molecule has 2 aromatic carbocycles. The van der Waals surface area contributed by atoms with Crippen LogP contribution in [-0.4, -0.2) is 21.6 Å². The number of benzene rings is 2. The number of amides is 2. The molecule has 0 unspecified atom stereocenters. The van der Waals surface area contributed by atoms with E-state index in [1.165, 1.54) is 0 Å². The second kappa shape index (κ2) is 8.50. The Balaban J connectivity index is 2.07. The zero-order valence-electron chi connectivity index (χ0n) is 17.1. The Morgan fingerprint density at radius 3 is 2.20 bits per heavy atom. The summed E-state index contributed by atoms with van der Waals surface area (Å²) in [5.74, 6) is -0.830. The van der Waals surface area contributed by atoms with Crippen molar-refractivity contribution in [2.24, 2.45) is 5.41 Å². The number of hydrogen-bond donors (Lipinski definition) is 2. The Hall–Kier alpha value is -2.83. The molecule has 0 aliphatic rings. The fourth-order valence-corrected chi connectivity index (χ4v) is 3.16. The topological polar surface area (TPSA) is 76.0 Å². The molecule has 0 radical (unpaired) electrons. The number of para-hydroxylation sites is 1. The van der Waals surface area contributed by atoms with Gasteiger partial charge in [0.05, 0.1) is 16.4 Å². The molecule has 0 saturated heterocycles. The lowest BCUT2D eigenvalue weighted by molar-refractivity contribution is -0.129. The Morgan fingerprint density at radius 1 is 0.967 bits per heavy atom. The van der Waals surface area contributed by atoms with Gasteiger partial charge in [-0.05, 0) is 31.2 Å². The lowest BCUT2D eigenvalue weighted by atomic mass is 9.96. The van der Waals surface area contributed by atoms with E-state index < -0.39 is 11.3 Å². The average Bonchev–Trinajstić information content (AvgIpc) is 3.03. The van der Waals surface area contributed by atoms with Gasteiger partial charge in [0.15, 0.2) is 5.69 Å². The smallest absolute Gasteiger partial charge is 0.273 e. The number of halogens is 2. The predicted molar refractivity (Wildman–Crippen MR) is 119 cm³/mol. The Labute approximate surface area is 185 Å². The highest BCUT2D eigenvalue weighted by atomic mass is 35.5. The number of carbonyl (C=O) groups excluding carboxylic acids is 2. The van der Waals surface area contributed by atoms with Gasteiger partial charge in [0.2, 0.25) is 5.91 Å². The fourth-order valence-electron chi connectivity index (χ4n) is 2.82. The highest BCUT2D eigenvalue weighted by Gasteiger charge is 2.25. The third-order valence-electron chi connectivity index (χ3n) is 4.51. The van der Waals surface area contributed by atoms with Crippen molar-refractivity contribution < 1.29 is 9.59 Å². The van der Waals surface area contributed by atoms with E-state index in [9.17, 15) is 9.59 Å². The maximum Gasteiger partial charge on any atom is 0.290 e. The van der Waals surface area contributed by atoms with Crippen molar-refractivity contribution in [2.45, 2.75) is 27.7 Å². The normalized spacial score (nSPS) is 11.3. The summed E-state index contributed by atoms with van der Waals surface area (Å²) in [4.78, 5) is 24.9. The van der Waals surface area contributed by atoms with Crippen LogP contribution in [0, 0.1) is 12.3 Å². The molecule has 0 fully saturated rings. The van der Waals surface area contributed by atoms with Crippen molar-refractivity contribution in [2.75, 3.05) is 0 Å². The van der Waals surface area contributed by atoms with Gasteiger partial charge in [-0.15, -0.1) is 0 Å². The van der Waals surface area contributed by atoms with Crippen LogP contribution in [0.3, 0.4) is 0 Å². The van der Waals surface area contributed by atoms with Gasteiger partial charge < -0.3 is 0 Å². The lowest BCUT2D eigenvalue weighted by Gasteiger charge is -2.17. The van der Waals surface area contributed by atoms with E-state index in [0.717, 1.165) is 5.56 Å². The van der Waals surface area contributed by atoms with E-state index in [2.05, 4.69) is 16.0 Å². The lowest BCUT2D eigenvalue weighted by Crippen LogP contribution is -2.46. The standard InChI is InChI=1S/C22H22Cl2N4O2/c1-13-18(20(29)25-26-21(30)22(2,3)4)27-28(17-8-6-5-7-16(17)24)19(13)14-9-11-15(23)12-10-14/h5-12H,1-4H3,(H,25,29)(H,26,30). The summed E-state index contributed by atoms with van der Waals surface area (Å²) in [6.45, 7) is 7.06. The summed E-state index contributed by atoms with van der Waals surface area (Å²) in [6.07, 6.45) is 0. The van der Waals surface area contributed by atoms with Crippen LogP contribution >= 0.6 is 23.2 Å². The van der Waals surface area contributed by atoms with Crippen LogP contribution in [0.4, 0.5) is 0 Å². The summed E-state index contributed by atoms with van der Waals surface area (Å²) in [5.41, 5.74) is 7.21. The molecule has 3 rings (SSSR count). The molecule has 0 saturated carbocycles. The zero-order valence-corrected chi connectivity index (χ0v) is 18.6. The third kappa shape index (κ3) is 4.50. The molecule has 1 aromatic heterocycles. The first-order valence-corrected chi connectivity index (χ1v) is 10.1. The minimum atomic E-state index is -0.645. The second-order valence-corrected chi connectivity index (χ2v) is 8.69. The molecule has 0 atom stereocenters. The monoisotopic (exact) mass is 444 g/mol. The van der Waals surface area contributed by atoms with Crippen LogP contribution in [0.1, 0.15) is 36.8 Å². The summed E-state index contributed by atoms with van der Waals surface area (Å²) < 4.78 is 1.63. The number of aromatic nitrogens is 2. The van der Waals surface area contributed by atoms with Crippen LogP contribution in [0.2, 0.25) is 10.0 Å². The van der Waals surface area contributed by atoms with Gasteiger partial charge >= 0.3 is 0 Å². The van der Waals surface area contributed by atoms with E-state index in [-0.39, 0.29) is 11.6 Å². The molecule has 6 nitrogen and oxygen atoms in total. The largest absolute Gasteiger partial charge is 0.290 e. The second-order valence-electron chi connectivity index (χ2n) is 7.85. The van der Waals surface area contributed by atoms with Crippen LogP contribution < -0.4 is 10.9 Å². The molecule has 0 spiro atoms. The molecule has 3 aromatic rings. The van der Waals surface area contributed by atoms with Gasteiger partial charge in [0, 0.05) is 21.6 Å². The zero-order chi connectivity index (χ0) is 22.1. The van der Waals surface area contributed by atoms with Crippen LogP contribution in [-0.2, 0) is 4.79 Å². The molecule has 0 aliphatic carbocycles. The fraction of sp³-hybridized carbons (Fsp3) is 0.227. The van der Waals surface area contributed by atoms with E-state index in [0.29, 0.717) is 27.0 Å².